The van der Waals surface area contributed by atoms with Gasteiger partial charge in [0.25, 0.3) is 17.4 Å². The van der Waals surface area contributed by atoms with Gasteiger partial charge < -0.3 is 28.6 Å². The molecule has 17 nitrogen and oxygen atoms in total. The highest BCUT2D eigenvalue weighted by atomic mass is 16.5. The lowest BCUT2D eigenvalue weighted by Gasteiger charge is -2.49. The van der Waals surface area contributed by atoms with Gasteiger partial charge in [-0.2, -0.15) is 5.01 Å². The van der Waals surface area contributed by atoms with Crippen LogP contribution >= 0.6 is 0 Å². The molecule has 4 unspecified atom stereocenters. The van der Waals surface area contributed by atoms with Crippen molar-refractivity contribution < 1.29 is 33.6 Å². The first-order valence-electron chi connectivity index (χ1n) is 20.3. The molecule has 63 heavy (non-hydrogen) atoms. The Hall–Kier alpha value is -7.56. The Balaban J connectivity index is 1.19. The average Bonchev–Trinajstić information content (AvgIpc) is 3.67. The quantitative estimate of drug-likeness (QED) is 0.141. The summed E-state index contributed by atoms with van der Waals surface area (Å²) >= 11 is 0. The van der Waals surface area contributed by atoms with Gasteiger partial charge in [0.15, 0.2) is 11.5 Å². The molecule has 17 heteroatoms. The summed E-state index contributed by atoms with van der Waals surface area (Å²) in [5.41, 5.74) is 3.47. The number of methoxy groups -OCH3 is 4. The topological polar surface area (TPSA) is 190 Å². The fourth-order valence-electron chi connectivity index (χ4n) is 9.82. The van der Waals surface area contributed by atoms with Crippen LogP contribution in [0.25, 0.3) is 11.0 Å². The smallest absolute Gasteiger partial charge is 0.347 e. The molecule has 0 bridgehead atoms. The number of aromatic hydroxyl groups is 1. The van der Waals surface area contributed by atoms with Crippen LogP contribution in [0.3, 0.4) is 0 Å². The summed E-state index contributed by atoms with van der Waals surface area (Å²) in [6, 6.07) is 21.6. The minimum Gasteiger partial charge on any atom is -0.507 e. The number of benzene rings is 4. The second-order valence-electron chi connectivity index (χ2n) is 15.9. The molecular weight excluding hydrogens is 811 g/mol. The van der Waals surface area contributed by atoms with Crippen molar-refractivity contribution in [1.29, 1.82) is 0 Å². The first-order valence-corrected chi connectivity index (χ1v) is 20.3. The summed E-state index contributed by atoms with van der Waals surface area (Å²) in [6.45, 7) is 1.66. The van der Waals surface area contributed by atoms with Crippen molar-refractivity contribution in [3.8, 4) is 28.7 Å². The van der Waals surface area contributed by atoms with E-state index in [1.165, 1.54) is 48.4 Å². The summed E-state index contributed by atoms with van der Waals surface area (Å²) in [6.07, 6.45) is 1.67. The van der Waals surface area contributed by atoms with Gasteiger partial charge in [0.2, 0.25) is 0 Å². The van der Waals surface area contributed by atoms with E-state index in [1.807, 2.05) is 25.1 Å². The van der Waals surface area contributed by atoms with Gasteiger partial charge in [-0.3, -0.25) is 19.8 Å². The van der Waals surface area contributed by atoms with Crippen molar-refractivity contribution in [3.63, 3.8) is 0 Å². The molecule has 2 aliphatic heterocycles. The third-order valence-corrected chi connectivity index (χ3v) is 12.8. The van der Waals surface area contributed by atoms with Crippen LogP contribution in [0.15, 0.2) is 105 Å². The number of nitrogens with one attached hydrogen (secondary N) is 1. The van der Waals surface area contributed by atoms with Crippen LogP contribution in [-0.2, 0) is 41.6 Å². The number of carbonyl (C=O) groups excluding carboxylic acids is 2. The Bertz CT molecular complexity index is 3060. The van der Waals surface area contributed by atoms with Crippen molar-refractivity contribution in [2.24, 2.45) is 13.0 Å². The fraction of sp³-hybridized carbons (Fsp3) is 0.304. The first-order chi connectivity index (χ1) is 30.4. The number of phenolic OH excluding ortho intramolecular Hbond substituents is 1. The molecule has 0 spiro atoms. The molecule has 9 rings (SSSR count). The van der Waals surface area contributed by atoms with E-state index >= 15 is 9.59 Å². The summed E-state index contributed by atoms with van der Waals surface area (Å²) < 4.78 is 27.4. The van der Waals surface area contributed by atoms with Crippen LogP contribution in [0.1, 0.15) is 40.8 Å². The van der Waals surface area contributed by atoms with E-state index in [0.29, 0.717) is 39.4 Å². The molecule has 4 heterocycles. The summed E-state index contributed by atoms with van der Waals surface area (Å²) in [7, 11) is 7.46. The molecule has 324 valence electrons. The average molecular weight is 856 g/mol. The molecule has 2 fully saturated rings. The lowest BCUT2D eigenvalue weighted by atomic mass is 9.53. The highest BCUT2D eigenvalue weighted by Crippen LogP contribution is 2.64. The lowest BCUT2D eigenvalue weighted by Crippen LogP contribution is -2.53. The number of ether oxygens (including phenoxy) is 4. The van der Waals surface area contributed by atoms with Crippen molar-refractivity contribution in [2.45, 2.75) is 50.2 Å². The summed E-state index contributed by atoms with van der Waals surface area (Å²) in [5.74, 6) is -2.30. The zero-order valence-corrected chi connectivity index (χ0v) is 35.4. The number of imide groups is 1. The molecule has 1 saturated carbocycles. The van der Waals surface area contributed by atoms with Crippen molar-refractivity contribution in [2.75, 3.05) is 33.9 Å². The maximum atomic E-state index is 15.5. The van der Waals surface area contributed by atoms with Gasteiger partial charge in [0.1, 0.15) is 22.9 Å². The zero-order chi connectivity index (χ0) is 44.5. The molecule has 2 N–H and O–H groups in total. The number of rotatable bonds is 11. The summed E-state index contributed by atoms with van der Waals surface area (Å²) in [5, 5.41) is 13.0. The maximum Gasteiger partial charge on any atom is 0.347 e. The van der Waals surface area contributed by atoms with Gasteiger partial charge in [-0.25, -0.2) is 28.5 Å². The number of hydrogen-bond acceptors (Lipinski definition) is 12. The Morgan fingerprint density at radius 1 is 0.841 bits per heavy atom. The molecule has 2 amide bonds. The van der Waals surface area contributed by atoms with Gasteiger partial charge in [-0.15, -0.1) is 0 Å². The van der Waals surface area contributed by atoms with E-state index in [4.69, 9.17) is 18.9 Å². The molecule has 4 aromatic carbocycles. The molecular formula is C46H45N7O10. The Kier molecular flexibility index (Phi) is 9.99. The molecule has 2 aromatic heterocycles. The number of aryl methyl sites for hydroxylation is 3. The van der Waals surface area contributed by atoms with Gasteiger partial charge in [0, 0.05) is 55.8 Å². The fourth-order valence-corrected chi connectivity index (χ4v) is 9.82. The molecule has 0 radical (unpaired) electrons. The van der Waals surface area contributed by atoms with Gasteiger partial charge >= 0.3 is 11.4 Å². The SMILES string of the molecule is COc1cc(O)c(C2C3=CCn4c(=O)n(CCc5nc6cc(OC)c(OC)cc6n(C)c5=O)c(=O)n4C3CC3C(=O)N(Nc4ccc(C)cc4)C(=O)C32c2ccccc2)c(OC)c1. The van der Waals surface area contributed by atoms with Crippen LogP contribution < -0.4 is 41.3 Å². The highest BCUT2D eigenvalue weighted by molar-refractivity contribution is 6.13. The highest BCUT2D eigenvalue weighted by Gasteiger charge is 2.69. The van der Waals surface area contributed by atoms with Crippen LogP contribution in [0, 0.1) is 12.8 Å². The molecule has 4 atom stereocenters. The summed E-state index contributed by atoms with van der Waals surface area (Å²) in [4.78, 5) is 77.8. The Morgan fingerprint density at radius 2 is 1.54 bits per heavy atom. The molecule has 1 aliphatic carbocycles. The molecule has 1 saturated heterocycles. The van der Waals surface area contributed by atoms with Crippen LogP contribution in [0.4, 0.5) is 5.69 Å². The van der Waals surface area contributed by atoms with E-state index in [1.54, 1.807) is 67.7 Å². The van der Waals surface area contributed by atoms with Gasteiger partial charge in [-0.1, -0.05) is 54.1 Å². The van der Waals surface area contributed by atoms with E-state index < -0.39 is 52.0 Å². The van der Waals surface area contributed by atoms with E-state index in [2.05, 4.69) is 10.4 Å². The standard InChI is InChI=1S/C46H45N7O10/c1-25-12-14-27(15-13-25)48-52-41(55)30-22-33-29(40(39-35(54)20-28(60-3)21-38(39)63-6)46(30,43(52)57)26-10-8-7-9-11-26)16-19-51-44(58)50(45(59)53(33)51)18-17-31-42(56)49(2)34-24-37(62-5)36(61-4)23-32(34)47-31/h7-16,20-21,23-24,30,33,40,48,54H,17-19,22H2,1-6H3. The predicted molar refractivity (Wildman–Crippen MR) is 231 cm³/mol. The molecule has 6 aromatic rings. The zero-order valence-electron chi connectivity index (χ0n) is 35.4. The number of anilines is 1. The van der Waals surface area contributed by atoms with Gasteiger partial charge in [-0.05, 0) is 36.6 Å². The Morgan fingerprint density at radius 3 is 2.22 bits per heavy atom. The number of allylic oxidation sites excluding steroid dienone is 2. The van der Waals surface area contributed by atoms with Gasteiger partial charge in [0.05, 0.1) is 69.1 Å². The van der Waals surface area contributed by atoms with Crippen LogP contribution in [0.5, 0.6) is 28.7 Å². The van der Waals surface area contributed by atoms with Crippen molar-refractivity contribution in [1.82, 2.24) is 28.5 Å². The number of hydrazine groups is 1. The minimum atomic E-state index is -1.68. The number of aromatic nitrogens is 5. The maximum absolute atomic E-state index is 15.5. The lowest BCUT2D eigenvalue weighted by molar-refractivity contribution is -0.138. The third kappa shape index (κ3) is 6.12. The molecule has 3 aliphatic rings. The monoisotopic (exact) mass is 855 g/mol. The van der Waals surface area contributed by atoms with Crippen LogP contribution in [0.2, 0.25) is 0 Å². The second-order valence-corrected chi connectivity index (χ2v) is 15.9. The normalized spacial score (nSPS) is 20.2. The number of amides is 2. The largest absolute Gasteiger partial charge is 0.507 e. The van der Waals surface area contributed by atoms with Crippen molar-refractivity contribution in [3.05, 3.63) is 144 Å². The number of hydrogen-bond donors (Lipinski definition) is 2. The number of fused-ring (bicyclic) bond motifs is 5. The first kappa shape index (κ1) is 40.8. The second kappa shape index (κ2) is 15.4. The number of phenols is 1. The number of nitrogens with zero attached hydrogens (tertiary/aromatic N) is 6. The number of carbonyl (C=O) groups is 2. The van der Waals surface area contributed by atoms with E-state index in [9.17, 15) is 19.5 Å². The van der Waals surface area contributed by atoms with E-state index in [-0.39, 0.29) is 54.4 Å². The van der Waals surface area contributed by atoms with Crippen molar-refractivity contribution >= 4 is 28.5 Å². The van der Waals surface area contributed by atoms with Crippen LogP contribution in [-0.4, -0.2) is 73.9 Å². The van der Waals surface area contributed by atoms with E-state index in [0.717, 1.165) is 15.1 Å². The minimum absolute atomic E-state index is 0.0610. The predicted octanol–water partition coefficient (Wildman–Crippen LogP) is 3.97. The third-order valence-electron chi connectivity index (χ3n) is 12.8. The Labute approximate surface area is 359 Å².